The molecule has 0 aliphatic heterocycles. The molecule has 0 saturated heterocycles. The molecule has 19 heavy (non-hydrogen) atoms. The van der Waals surface area contributed by atoms with Crippen LogP contribution in [0.5, 0.6) is 0 Å². The van der Waals surface area contributed by atoms with Gasteiger partial charge in [-0.15, -0.1) is 11.8 Å². The molecule has 0 saturated carbocycles. The molecule has 1 rings (SSSR count). The van der Waals surface area contributed by atoms with Crippen molar-refractivity contribution in [1.29, 1.82) is 0 Å². The topological polar surface area (TPSA) is 20.2 Å². The van der Waals surface area contributed by atoms with Gasteiger partial charge in [0.2, 0.25) is 0 Å². The first-order valence-corrected chi connectivity index (χ1v) is 8.51. The highest BCUT2D eigenvalue weighted by Gasteiger charge is 2.13. The van der Waals surface area contributed by atoms with Crippen LogP contribution >= 0.6 is 11.8 Å². The van der Waals surface area contributed by atoms with Crippen LogP contribution in [-0.2, 0) is 0 Å². The fraction of sp³-hybridized carbons (Fsp3) is 0.647. The van der Waals surface area contributed by atoms with Crippen LogP contribution in [0.4, 0.5) is 0 Å². The second-order valence-electron chi connectivity index (χ2n) is 5.43. The Labute approximate surface area is 122 Å². The van der Waals surface area contributed by atoms with Gasteiger partial charge in [0.15, 0.2) is 0 Å². The van der Waals surface area contributed by atoms with E-state index >= 15 is 0 Å². The van der Waals surface area contributed by atoms with Gasteiger partial charge in [0, 0.05) is 10.6 Å². The molecule has 2 unspecified atom stereocenters. The fourth-order valence-corrected chi connectivity index (χ4v) is 3.11. The number of aryl methyl sites for hydroxylation is 1. The van der Waals surface area contributed by atoms with Gasteiger partial charge in [-0.2, -0.15) is 0 Å². The van der Waals surface area contributed by atoms with Crippen molar-refractivity contribution in [3.63, 3.8) is 0 Å². The van der Waals surface area contributed by atoms with Crippen LogP contribution in [0.2, 0.25) is 0 Å². The predicted molar refractivity (Wildman–Crippen MR) is 85.8 cm³/mol. The minimum atomic E-state index is -0.173. The number of benzene rings is 1. The van der Waals surface area contributed by atoms with Crippen molar-refractivity contribution >= 4 is 11.8 Å². The van der Waals surface area contributed by atoms with Crippen LogP contribution in [0.15, 0.2) is 29.2 Å². The molecule has 0 heterocycles. The standard InChI is InChI=1S/C17H28OS/c1-4-6-7-15(5-2)12-16(18)13-19-17-10-8-14(3)9-11-17/h8-11,15-16,18H,4-7,12-13H2,1-3H3. The number of thioether (sulfide) groups is 1. The minimum absolute atomic E-state index is 0.173. The van der Waals surface area contributed by atoms with E-state index in [9.17, 15) is 5.11 Å². The molecule has 0 radical (unpaired) electrons. The number of rotatable bonds is 9. The van der Waals surface area contributed by atoms with E-state index in [0.29, 0.717) is 5.92 Å². The molecule has 0 fully saturated rings. The summed E-state index contributed by atoms with van der Waals surface area (Å²) in [5.41, 5.74) is 1.29. The van der Waals surface area contributed by atoms with E-state index in [0.717, 1.165) is 12.2 Å². The summed E-state index contributed by atoms with van der Waals surface area (Å²) in [6.07, 6.45) is 5.77. The van der Waals surface area contributed by atoms with E-state index in [-0.39, 0.29) is 6.10 Å². The fourth-order valence-electron chi connectivity index (χ4n) is 2.26. The van der Waals surface area contributed by atoms with E-state index in [2.05, 4.69) is 45.0 Å². The molecule has 0 aromatic heterocycles. The first-order valence-electron chi connectivity index (χ1n) is 7.53. The molecule has 1 aromatic rings. The quantitative estimate of drug-likeness (QED) is 0.638. The van der Waals surface area contributed by atoms with Crippen LogP contribution in [0.1, 0.15) is 51.5 Å². The summed E-state index contributed by atoms with van der Waals surface area (Å²) >= 11 is 1.76. The second-order valence-corrected chi connectivity index (χ2v) is 6.52. The third-order valence-electron chi connectivity index (χ3n) is 3.61. The van der Waals surface area contributed by atoms with Gasteiger partial charge in [-0.3, -0.25) is 0 Å². The SMILES string of the molecule is CCCCC(CC)CC(O)CSc1ccc(C)cc1. The van der Waals surface area contributed by atoms with Gasteiger partial charge in [0.25, 0.3) is 0 Å². The number of aliphatic hydroxyl groups is 1. The maximum Gasteiger partial charge on any atom is 0.0636 e. The van der Waals surface area contributed by atoms with Crippen molar-refractivity contribution in [3.05, 3.63) is 29.8 Å². The van der Waals surface area contributed by atoms with Gasteiger partial charge in [-0.25, -0.2) is 0 Å². The molecule has 0 aliphatic rings. The second kappa shape index (κ2) is 9.44. The first kappa shape index (κ1) is 16.6. The molecule has 0 aliphatic carbocycles. The van der Waals surface area contributed by atoms with E-state index < -0.39 is 0 Å². The summed E-state index contributed by atoms with van der Waals surface area (Å²) in [6, 6.07) is 8.54. The van der Waals surface area contributed by atoms with Gasteiger partial charge in [0.1, 0.15) is 0 Å². The summed E-state index contributed by atoms with van der Waals surface area (Å²) < 4.78 is 0. The molecule has 0 amide bonds. The normalized spacial score (nSPS) is 14.3. The monoisotopic (exact) mass is 280 g/mol. The minimum Gasteiger partial charge on any atom is -0.392 e. The zero-order chi connectivity index (χ0) is 14.1. The number of unbranched alkanes of at least 4 members (excludes halogenated alkanes) is 1. The van der Waals surface area contributed by atoms with Crippen LogP contribution < -0.4 is 0 Å². The van der Waals surface area contributed by atoms with Gasteiger partial charge >= 0.3 is 0 Å². The maximum absolute atomic E-state index is 10.1. The zero-order valence-electron chi connectivity index (χ0n) is 12.6. The van der Waals surface area contributed by atoms with E-state index in [1.807, 2.05) is 0 Å². The molecule has 1 nitrogen and oxygen atoms in total. The highest BCUT2D eigenvalue weighted by Crippen LogP contribution is 2.24. The largest absolute Gasteiger partial charge is 0.392 e. The Balaban J connectivity index is 2.29. The third-order valence-corrected chi connectivity index (χ3v) is 4.77. The lowest BCUT2D eigenvalue weighted by Crippen LogP contribution is -2.15. The summed E-state index contributed by atoms with van der Waals surface area (Å²) in [4.78, 5) is 1.26. The Morgan fingerprint density at radius 3 is 2.42 bits per heavy atom. The molecule has 2 heteroatoms. The Bertz CT molecular complexity index is 334. The number of hydrogen-bond donors (Lipinski definition) is 1. The van der Waals surface area contributed by atoms with Crippen molar-refractivity contribution < 1.29 is 5.11 Å². The Hall–Kier alpha value is -0.470. The average Bonchev–Trinajstić information content (AvgIpc) is 2.42. The molecular weight excluding hydrogens is 252 g/mol. The van der Waals surface area contributed by atoms with Crippen molar-refractivity contribution in [3.8, 4) is 0 Å². The van der Waals surface area contributed by atoms with Crippen molar-refractivity contribution in [2.24, 2.45) is 5.92 Å². The molecule has 2 atom stereocenters. The lowest BCUT2D eigenvalue weighted by Gasteiger charge is -2.18. The van der Waals surface area contributed by atoms with Gasteiger partial charge in [-0.1, -0.05) is 57.2 Å². The molecule has 1 aromatic carbocycles. The lowest BCUT2D eigenvalue weighted by molar-refractivity contribution is 0.159. The molecular formula is C17H28OS. The lowest BCUT2D eigenvalue weighted by atomic mass is 9.94. The summed E-state index contributed by atoms with van der Waals surface area (Å²) in [5, 5.41) is 10.1. The average molecular weight is 280 g/mol. The van der Waals surface area contributed by atoms with E-state index in [4.69, 9.17) is 0 Å². The maximum atomic E-state index is 10.1. The van der Waals surface area contributed by atoms with Crippen LogP contribution in [0.3, 0.4) is 0 Å². The van der Waals surface area contributed by atoms with E-state index in [1.165, 1.54) is 36.1 Å². The Morgan fingerprint density at radius 1 is 1.16 bits per heavy atom. The van der Waals surface area contributed by atoms with Gasteiger partial charge < -0.3 is 5.11 Å². The number of hydrogen-bond acceptors (Lipinski definition) is 2. The van der Waals surface area contributed by atoms with Crippen molar-refractivity contribution in [2.45, 2.75) is 63.9 Å². The van der Waals surface area contributed by atoms with Gasteiger partial charge in [0.05, 0.1) is 6.10 Å². The third kappa shape index (κ3) is 7.03. The number of aliphatic hydroxyl groups excluding tert-OH is 1. The first-order chi connectivity index (χ1) is 9.15. The molecule has 0 bridgehead atoms. The molecule has 1 N–H and O–H groups in total. The van der Waals surface area contributed by atoms with Crippen molar-refractivity contribution in [1.82, 2.24) is 0 Å². The van der Waals surface area contributed by atoms with Crippen LogP contribution in [0.25, 0.3) is 0 Å². The summed E-state index contributed by atoms with van der Waals surface area (Å²) in [7, 11) is 0. The summed E-state index contributed by atoms with van der Waals surface area (Å²) in [5.74, 6) is 1.50. The Morgan fingerprint density at radius 2 is 1.84 bits per heavy atom. The van der Waals surface area contributed by atoms with Crippen LogP contribution in [-0.4, -0.2) is 17.0 Å². The highest BCUT2D eigenvalue weighted by atomic mass is 32.2. The molecule has 108 valence electrons. The summed E-state index contributed by atoms with van der Waals surface area (Å²) in [6.45, 7) is 6.57. The Kier molecular flexibility index (Phi) is 8.24. The van der Waals surface area contributed by atoms with Crippen LogP contribution in [0, 0.1) is 12.8 Å². The smallest absolute Gasteiger partial charge is 0.0636 e. The van der Waals surface area contributed by atoms with Gasteiger partial charge in [-0.05, 0) is 31.4 Å². The van der Waals surface area contributed by atoms with Crippen molar-refractivity contribution in [2.75, 3.05) is 5.75 Å². The zero-order valence-corrected chi connectivity index (χ0v) is 13.4. The highest BCUT2D eigenvalue weighted by molar-refractivity contribution is 7.99. The molecule has 0 spiro atoms. The predicted octanol–water partition coefficient (Wildman–Crippen LogP) is 5.05. The van der Waals surface area contributed by atoms with E-state index in [1.54, 1.807) is 11.8 Å².